The van der Waals surface area contributed by atoms with E-state index in [0.29, 0.717) is 27.8 Å². The lowest BCUT2D eigenvalue weighted by molar-refractivity contribution is 0.0952. The molecule has 2 aromatic rings. The molecule has 0 unspecified atom stereocenters. The summed E-state index contributed by atoms with van der Waals surface area (Å²) in [6, 6.07) is 6.30. The Hall–Kier alpha value is -2.11. The standard InChI is InChI=1S/C18H19Cl2N3O2/c1-2-3-4-7-22-17(24)12-8-13(11-21-10-12)18(25)23-14-5-6-15(19)16(20)9-14/h5-6,8-11H,2-4,7H2,1H3,(H,22,24)(H,23,25). The minimum Gasteiger partial charge on any atom is -0.352 e. The Morgan fingerprint density at radius 3 is 2.40 bits per heavy atom. The van der Waals surface area contributed by atoms with E-state index in [2.05, 4.69) is 22.5 Å². The molecule has 0 saturated heterocycles. The van der Waals surface area contributed by atoms with E-state index in [1.54, 1.807) is 18.2 Å². The van der Waals surface area contributed by atoms with Gasteiger partial charge in [-0.3, -0.25) is 14.6 Å². The van der Waals surface area contributed by atoms with Crippen LogP contribution in [-0.4, -0.2) is 23.3 Å². The number of aromatic nitrogens is 1. The van der Waals surface area contributed by atoms with E-state index in [4.69, 9.17) is 23.2 Å². The van der Waals surface area contributed by atoms with Gasteiger partial charge in [-0.25, -0.2) is 0 Å². The molecule has 1 aromatic heterocycles. The molecule has 7 heteroatoms. The maximum absolute atomic E-state index is 12.3. The van der Waals surface area contributed by atoms with Crippen LogP contribution in [0.4, 0.5) is 5.69 Å². The minimum absolute atomic E-state index is 0.243. The summed E-state index contributed by atoms with van der Waals surface area (Å²) < 4.78 is 0. The van der Waals surface area contributed by atoms with Gasteiger partial charge in [-0.05, 0) is 30.7 Å². The molecule has 1 heterocycles. The molecular formula is C18H19Cl2N3O2. The van der Waals surface area contributed by atoms with E-state index in [9.17, 15) is 9.59 Å². The van der Waals surface area contributed by atoms with Gasteiger partial charge >= 0.3 is 0 Å². The fourth-order valence-corrected chi connectivity index (χ4v) is 2.44. The summed E-state index contributed by atoms with van der Waals surface area (Å²) in [4.78, 5) is 28.4. The number of halogens is 2. The van der Waals surface area contributed by atoms with Crippen LogP contribution in [0.3, 0.4) is 0 Å². The van der Waals surface area contributed by atoms with Gasteiger partial charge in [0.05, 0.1) is 21.2 Å². The number of nitrogens with zero attached hydrogens (tertiary/aromatic N) is 1. The Bertz CT molecular complexity index is 766. The zero-order chi connectivity index (χ0) is 18.2. The summed E-state index contributed by atoms with van der Waals surface area (Å²) in [5.74, 6) is -0.626. The lowest BCUT2D eigenvalue weighted by Crippen LogP contribution is -2.25. The van der Waals surface area contributed by atoms with E-state index >= 15 is 0 Å². The molecule has 132 valence electrons. The van der Waals surface area contributed by atoms with Crippen LogP contribution in [-0.2, 0) is 0 Å². The van der Waals surface area contributed by atoms with E-state index in [1.165, 1.54) is 18.5 Å². The molecule has 25 heavy (non-hydrogen) atoms. The first kappa shape index (κ1) is 19.2. The molecule has 0 atom stereocenters. The Kier molecular flexibility index (Phi) is 7.22. The van der Waals surface area contributed by atoms with E-state index in [1.807, 2.05) is 0 Å². The van der Waals surface area contributed by atoms with Crippen LogP contribution in [0.5, 0.6) is 0 Å². The second-order valence-electron chi connectivity index (χ2n) is 5.51. The quantitative estimate of drug-likeness (QED) is 0.692. The first-order valence-electron chi connectivity index (χ1n) is 8.01. The highest BCUT2D eigenvalue weighted by atomic mass is 35.5. The lowest BCUT2D eigenvalue weighted by Gasteiger charge is -2.08. The molecule has 0 aliphatic rings. The van der Waals surface area contributed by atoms with Gasteiger partial charge in [0, 0.05) is 24.6 Å². The number of hydrogen-bond donors (Lipinski definition) is 2. The molecule has 0 aliphatic carbocycles. The topological polar surface area (TPSA) is 71.1 Å². The fraction of sp³-hybridized carbons (Fsp3) is 0.278. The Morgan fingerprint density at radius 2 is 1.72 bits per heavy atom. The highest BCUT2D eigenvalue weighted by Crippen LogP contribution is 2.25. The van der Waals surface area contributed by atoms with Crippen molar-refractivity contribution in [3.05, 3.63) is 57.8 Å². The van der Waals surface area contributed by atoms with Crippen molar-refractivity contribution >= 4 is 40.7 Å². The summed E-state index contributed by atoms with van der Waals surface area (Å²) in [6.07, 6.45) is 5.91. The molecule has 0 radical (unpaired) electrons. The van der Waals surface area contributed by atoms with Crippen LogP contribution in [0.25, 0.3) is 0 Å². The number of benzene rings is 1. The number of hydrogen-bond acceptors (Lipinski definition) is 3. The summed E-state index contributed by atoms with van der Waals surface area (Å²) in [5, 5.41) is 6.27. The van der Waals surface area contributed by atoms with Crippen LogP contribution in [0.2, 0.25) is 10.0 Å². The molecule has 2 amide bonds. The second-order valence-corrected chi connectivity index (χ2v) is 6.32. The first-order chi connectivity index (χ1) is 12.0. The Labute approximate surface area is 156 Å². The number of pyridine rings is 1. The molecule has 5 nitrogen and oxygen atoms in total. The van der Waals surface area contributed by atoms with Crippen molar-refractivity contribution in [3.63, 3.8) is 0 Å². The zero-order valence-corrected chi connectivity index (χ0v) is 15.3. The van der Waals surface area contributed by atoms with E-state index in [-0.39, 0.29) is 17.4 Å². The van der Waals surface area contributed by atoms with Gasteiger partial charge in [0.15, 0.2) is 0 Å². The maximum Gasteiger partial charge on any atom is 0.257 e. The molecule has 2 N–H and O–H groups in total. The zero-order valence-electron chi connectivity index (χ0n) is 13.8. The smallest absolute Gasteiger partial charge is 0.257 e. The molecule has 0 fully saturated rings. The number of amides is 2. The molecule has 0 spiro atoms. The normalized spacial score (nSPS) is 10.4. The van der Waals surface area contributed by atoms with Crippen molar-refractivity contribution in [2.75, 3.05) is 11.9 Å². The molecule has 0 bridgehead atoms. The Morgan fingerprint density at radius 1 is 1.00 bits per heavy atom. The van der Waals surface area contributed by atoms with Crippen LogP contribution >= 0.6 is 23.2 Å². The highest BCUT2D eigenvalue weighted by Gasteiger charge is 2.12. The van der Waals surface area contributed by atoms with E-state index in [0.717, 1.165) is 19.3 Å². The van der Waals surface area contributed by atoms with Gasteiger partial charge in [0.1, 0.15) is 0 Å². The average molecular weight is 380 g/mol. The molecule has 2 rings (SSSR count). The summed E-state index contributed by atoms with van der Waals surface area (Å²) in [6.45, 7) is 2.70. The minimum atomic E-state index is -0.383. The van der Waals surface area contributed by atoms with Gasteiger partial charge in [-0.1, -0.05) is 43.0 Å². The number of unbranched alkanes of at least 4 members (excludes halogenated alkanes) is 2. The third-order valence-electron chi connectivity index (χ3n) is 3.51. The number of nitrogens with one attached hydrogen (secondary N) is 2. The molecule has 0 aliphatic heterocycles. The van der Waals surface area contributed by atoms with Gasteiger partial charge < -0.3 is 10.6 Å². The lowest BCUT2D eigenvalue weighted by atomic mass is 10.1. The van der Waals surface area contributed by atoms with Crippen LogP contribution in [0.15, 0.2) is 36.7 Å². The number of carbonyl (C=O) groups excluding carboxylic acids is 2. The van der Waals surface area contributed by atoms with Gasteiger partial charge in [-0.15, -0.1) is 0 Å². The van der Waals surface area contributed by atoms with Crippen LogP contribution in [0.1, 0.15) is 46.9 Å². The third-order valence-corrected chi connectivity index (χ3v) is 4.25. The Balaban J connectivity index is 2.03. The average Bonchev–Trinajstić information content (AvgIpc) is 2.62. The van der Waals surface area contributed by atoms with E-state index < -0.39 is 0 Å². The fourth-order valence-electron chi connectivity index (χ4n) is 2.14. The van der Waals surface area contributed by atoms with Gasteiger partial charge in [0.2, 0.25) is 0 Å². The SMILES string of the molecule is CCCCCNC(=O)c1cncc(C(=O)Nc2ccc(Cl)c(Cl)c2)c1. The largest absolute Gasteiger partial charge is 0.352 e. The summed E-state index contributed by atoms with van der Waals surface area (Å²) in [5.41, 5.74) is 1.14. The van der Waals surface area contributed by atoms with Crippen molar-refractivity contribution in [3.8, 4) is 0 Å². The van der Waals surface area contributed by atoms with Gasteiger partial charge in [0.25, 0.3) is 11.8 Å². The highest BCUT2D eigenvalue weighted by molar-refractivity contribution is 6.42. The molecular weight excluding hydrogens is 361 g/mol. The number of rotatable bonds is 7. The second kappa shape index (κ2) is 9.39. The summed E-state index contributed by atoms with van der Waals surface area (Å²) >= 11 is 11.8. The summed E-state index contributed by atoms with van der Waals surface area (Å²) in [7, 11) is 0. The van der Waals surface area contributed by atoms with Crippen molar-refractivity contribution in [1.82, 2.24) is 10.3 Å². The third kappa shape index (κ3) is 5.73. The van der Waals surface area contributed by atoms with Crippen LogP contribution < -0.4 is 10.6 Å². The maximum atomic E-state index is 12.3. The first-order valence-corrected chi connectivity index (χ1v) is 8.76. The predicted molar refractivity (Wildman–Crippen MR) is 101 cm³/mol. The molecule has 0 saturated carbocycles. The van der Waals surface area contributed by atoms with Crippen molar-refractivity contribution < 1.29 is 9.59 Å². The number of carbonyl (C=O) groups is 2. The van der Waals surface area contributed by atoms with Crippen LogP contribution in [0, 0.1) is 0 Å². The molecule has 1 aromatic carbocycles. The monoisotopic (exact) mass is 379 g/mol. The van der Waals surface area contributed by atoms with Crippen molar-refractivity contribution in [2.24, 2.45) is 0 Å². The number of anilines is 1. The van der Waals surface area contributed by atoms with Crippen molar-refractivity contribution in [2.45, 2.75) is 26.2 Å². The predicted octanol–water partition coefficient (Wildman–Crippen LogP) is 4.56. The van der Waals surface area contributed by atoms with Crippen molar-refractivity contribution in [1.29, 1.82) is 0 Å². The van der Waals surface area contributed by atoms with Gasteiger partial charge in [-0.2, -0.15) is 0 Å².